The topological polar surface area (TPSA) is 61.8 Å². The highest BCUT2D eigenvalue weighted by Gasteiger charge is 2.13. The van der Waals surface area contributed by atoms with E-state index < -0.39 is 5.97 Å². The van der Waals surface area contributed by atoms with Crippen LogP contribution in [0, 0.1) is 0 Å². The first-order chi connectivity index (χ1) is 7.72. The molecule has 0 saturated heterocycles. The second kappa shape index (κ2) is 5.87. The summed E-state index contributed by atoms with van der Waals surface area (Å²) in [6.07, 6.45) is 0.667. The maximum atomic E-state index is 11.4. The number of carbonyl (C=O) groups excluding carboxylic acids is 2. The minimum Gasteiger partial charge on any atom is -0.467 e. The smallest absolute Gasteiger partial charge is 0.341 e. The van der Waals surface area contributed by atoms with Gasteiger partial charge in [0.25, 0.3) is 0 Å². The van der Waals surface area contributed by atoms with Crippen LogP contribution >= 0.6 is 0 Å². The van der Waals surface area contributed by atoms with Crippen LogP contribution in [0.15, 0.2) is 18.2 Å². The van der Waals surface area contributed by atoms with Crippen LogP contribution < -0.4 is 4.74 Å². The molecule has 1 rings (SSSR count). The fraction of sp³-hybridized carbons (Fsp3) is 0.273. The van der Waals surface area contributed by atoms with E-state index in [1.807, 2.05) is 0 Å². The lowest BCUT2D eigenvalue weighted by Gasteiger charge is -2.09. The van der Waals surface area contributed by atoms with E-state index in [0.29, 0.717) is 11.8 Å². The summed E-state index contributed by atoms with van der Waals surface area (Å²) in [5, 5.41) is 0. The average Bonchev–Trinajstić information content (AvgIpc) is 2.34. The molecule has 86 valence electrons. The standard InChI is InChI=1S/C11H12O5/c1-14-7-16-10-5-8(6-12)3-4-9(10)11(13)15-2/h3-6H,7H2,1-2H3. The van der Waals surface area contributed by atoms with Crippen LogP contribution in [0.4, 0.5) is 0 Å². The molecule has 0 fully saturated rings. The van der Waals surface area contributed by atoms with Gasteiger partial charge in [-0.15, -0.1) is 0 Å². The van der Waals surface area contributed by atoms with Gasteiger partial charge in [0.1, 0.15) is 17.6 Å². The maximum Gasteiger partial charge on any atom is 0.341 e. The van der Waals surface area contributed by atoms with E-state index in [4.69, 9.17) is 9.47 Å². The lowest BCUT2D eigenvalue weighted by molar-refractivity contribution is 0.0464. The van der Waals surface area contributed by atoms with Crippen molar-refractivity contribution in [3.63, 3.8) is 0 Å². The van der Waals surface area contributed by atoms with Crippen molar-refractivity contribution >= 4 is 12.3 Å². The Bertz CT molecular complexity index is 386. The van der Waals surface area contributed by atoms with Crippen molar-refractivity contribution in [3.8, 4) is 5.75 Å². The molecule has 0 unspecified atom stereocenters. The number of hydrogen-bond acceptors (Lipinski definition) is 5. The van der Waals surface area contributed by atoms with Gasteiger partial charge in [-0.2, -0.15) is 0 Å². The first kappa shape index (κ1) is 12.2. The zero-order valence-electron chi connectivity index (χ0n) is 9.06. The Hall–Kier alpha value is -1.88. The molecule has 0 aromatic heterocycles. The second-order valence-corrected chi connectivity index (χ2v) is 2.92. The SMILES string of the molecule is COCOc1cc(C=O)ccc1C(=O)OC. The summed E-state index contributed by atoms with van der Waals surface area (Å²) in [5.41, 5.74) is 0.670. The Morgan fingerprint density at radius 1 is 1.38 bits per heavy atom. The molecule has 0 spiro atoms. The van der Waals surface area contributed by atoms with Crippen molar-refractivity contribution in [2.75, 3.05) is 21.0 Å². The molecule has 0 saturated carbocycles. The number of methoxy groups -OCH3 is 2. The zero-order chi connectivity index (χ0) is 12.0. The molecule has 0 bridgehead atoms. The van der Waals surface area contributed by atoms with E-state index in [9.17, 15) is 9.59 Å². The van der Waals surface area contributed by atoms with Gasteiger partial charge in [0.2, 0.25) is 0 Å². The van der Waals surface area contributed by atoms with Crippen LogP contribution in [-0.4, -0.2) is 33.3 Å². The summed E-state index contributed by atoms with van der Waals surface area (Å²) in [6, 6.07) is 4.44. The molecule has 0 aliphatic carbocycles. The lowest BCUT2D eigenvalue weighted by Crippen LogP contribution is -2.08. The first-order valence-corrected chi connectivity index (χ1v) is 4.52. The van der Waals surface area contributed by atoms with Gasteiger partial charge in [0.15, 0.2) is 6.79 Å². The monoisotopic (exact) mass is 224 g/mol. The van der Waals surface area contributed by atoms with E-state index in [-0.39, 0.29) is 18.1 Å². The second-order valence-electron chi connectivity index (χ2n) is 2.92. The lowest BCUT2D eigenvalue weighted by atomic mass is 10.1. The van der Waals surface area contributed by atoms with E-state index >= 15 is 0 Å². The largest absolute Gasteiger partial charge is 0.467 e. The minimum absolute atomic E-state index is 0.00763. The van der Waals surface area contributed by atoms with Gasteiger partial charge >= 0.3 is 5.97 Å². The van der Waals surface area contributed by atoms with Crippen molar-refractivity contribution in [3.05, 3.63) is 29.3 Å². The van der Waals surface area contributed by atoms with Crippen LogP contribution in [0.5, 0.6) is 5.75 Å². The highest BCUT2D eigenvalue weighted by Crippen LogP contribution is 2.20. The van der Waals surface area contributed by atoms with E-state index in [1.165, 1.54) is 32.4 Å². The Morgan fingerprint density at radius 3 is 2.69 bits per heavy atom. The normalized spacial score (nSPS) is 9.62. The number of esters is 1. The van der Waals surface area contributed by atoms with E-state index in [0.717, 1.165) is 0 Å². The molecule has 0 aliphatic rings. The minimum atomic E-state index is -0.524. The molecule has 5 nitrogen and oxygen atoms in total. The van der Waals surface area contributed by atoms with Gasteiger partial charge in [-0.1, -0.05) is 6.07 Å². The van der Waals surface area contributed by atoms with Crippen molar-refractivity contribution in [1.29, 1.82) is 0 Å². The number of aldehydes is 1. The Balaban J connectivity index is 3.05. The molecular weight excluding hydrogens is 212 g/mol. The summed E-state index contributed by atoms with van der Waals surface area (Å²) in [6.45, 7) is -0.00763. The van der Waals surface area contributed by atoms with Gasteiger partial charge < -0.3 is 14.2 Å². The van der Waals surface area contributed by atoms with Gasteiger partial charge in [-0.3, -0.25) is 4.79 Å². The number of hydrogen-bond donors (Lipinski definition) is 0. The van der Waals surface area contributed by atoms with Crippen molar-refractivity contribution in [1.82, 2.24) is 0 Å². The van der Waals surface area contributed by atoms with Crippen molar-refractivity contribution in [2.24, 2.45) is 0 Å². The van der Waals surface area contributed by atoms with Gasteiger partial charge in [0.05, 0.1) is 7.11 Å². The molecule has 0 radical (unpaired) electrons. The summed E-state index contributed by atoms with van der Waals surface area (Å²) in [4.78, 5) is 21.9. The summed E-state index contributed by atoms with van der Waals surface area (Å²) in [5.74, 6) is -0.262. The maximum absolute atomic E-state index is 11.4. The quantitative estimate of drug-likeness (QED) is 0.428. The molecular formula is C11H12O5. The van der Waals surface area contributed by atoms with Gasteiger partial charge in [0, 0.05) is 12.7 Å². The van der Waals surface area contributed by atoms with Gasteiger partial charge in [-0.25, -0.2) is 4.79 Å². The number of rotatable bonds is 5. The summed E-state index contributed by atoms with van der Waals surface area (Å²) < 4.78 is 14.5. The Morgan fingerprint density at radius 2 is 2.12 bits per heavy atom. The molecule has 0 heterocycles. The highest BCUT2D eigenvalue weighted by molar-refractivity contribution is 5.93. The molecule has 0 N–H and O–H groups in total. The Kier molecular flexibility index (Phi) is 4.47. The fourth-order valence-corrected chi connectivity index (χ4v) is 1.13. The molecule has 0 aliphatic heterocycles. The Labute approximate surface area is 92.9 Å². The van der Waals surface area contributed by atoms with Crippen LogP contribution in [0.3, 0.4) is 0 Å². The molecule has 16 heavy (non-hydrogen) atoms. The fourth-order valence-electron chi connectivity index (χ4n) is 1.13. The van der Waals surface area contributed by atoms with E-state index in [1.54, 1.807) is 0 Å². The molecule has 5 heteroatoms. The van der Waals surface area contributed by atoms with Crippen LogP contribution in [0.1, 0.15) is 20.7 Å². The number of ether oxygens (including phenoxy) is 3. The van der Waals surface area contributed by atoms with Crippen molar-refractivity contribution in [2.45, 2.75) is 0 Å². The van der Waals surface area contributed by atoms with Crippen LogP contribution in [0.25, 0.3) is 0 Å². The zero-order valence-corrected chi connectivity index (χ0v) is 9.06. The summed E-state index contributed by atoms with van der Waals surface area (Å²) in [7, 11) is 2.73. The number of carbonyl (C=O) groups is 2. The summed E-state index contributed by atoms with van der Waals surface area (Å²) >= 11 is 0. The van der Waals surface area contributed by atoms with Crippen LogP contribution in [-0.2, 0) is 9.47 Å². The molecule has 0 atom stereocenters. The third-order valence-electron chi connectivity index (χ3n) is 1.88. The average molecular weight is 224 g/mol. The molecule has 0 amide bonds. The third-order valence-corrected chi connectivity index (χ3v) is 1.88. The number of benzene rings is 1. The van der Waals surface area contributed by atoms with E-state index in [2.05, 4.69) is 4.74 Å². The molecule has 1 aromatic carbocycles. The predicted molar refractivity (Wildman–Crippen MR) is 55.7 cm³/mol. The third kappa shape index (κ3) is 2.80. The first-order valence-electron chi connectivity index (χ1n) is 4.52. The predicted octanol–water partition coefficient (Wildman–Crippen LogP) is 1.27. The van der Waals surface area contributed by atoms with Gasteiger partial charge in [-0.05, 0) is 12.1 Å². The highest BCUT2D eigenvalue weighted by atomic mass is 16.7. The molecule has 1 aromatic rings. The van der Waals surface area contributed by atoms with Crippen LogP contribution in [0.2, 0.25) is 0 Å². The van der Waals surface area contributed by atoms with Crippen molar-refractivity contribution < 1.29 is 23.8 Å².